The molecule has 3 aromatic rings. The Morgan fingerprint density at radius 2 is 1.67 bits per heavy atom. The first kappa shape index (κ1) is 27.3. The topological polar surface area (TPSA) is 85.5 Å². The van der Waals surface area contributed by atoms with Crippen molar-refractivity contribution in [3.05, 3.63) is 77.9 Å². The van der Waals surface area contributed by atoms with E-state index in [2.05, 4.69) is 18.4 Å². The maximum Gasteiger partial charge on any atom is 1.00 e. The summed E-state index contributed by atoms with van der Waals surface area (Å²) in [6, 6.07) is 16.3. The van der Waals surface area contributed by atoms with Crippen LogP contribution in [-0.4, -0.2) is 33.0 Å². The molecule has 7 heteroatoms. The summed E-state index contributed by atoms with van der Waals surface area (Å²) in [5.74, 6) is -1.47. The molecule has 0 fully saturated rings. The summed E-state index contributed by atoms with van der Waals surface area (Å²) in [4.78, 5) is 10.7. The van der Waals surface area contributed by atoms with E-state index >= 15 is 0 Å². The summed E-state index contributed by atoms with van der Waals surface area (Å²) in [6.45, 7) is 4.21. The Bertz CT molecular complexity index is 1030. The molecular weight excluding hydrogens is 432 g/mol. The molecule has 0 radical (unpaired) electrons. The Hall–Kier alpha value is -1.96. The second kappa shape index (κ2) is 12.5. The summed E-state index contributed by atoms with van der Waals surface area (Å²) >= 11 is 0. The second-order valence-corrected chi connectivity index (χ2v) is 8.43. The van der Waals surface area contributed by atoms with Crippen LogP contribution in [-0.2, 0) is 11.2 Å². The van der Waals surface area contributed by atoms with Crippen LogP contribution in [0.1, 0.15) is 50.3 Å². The van der Waals surface area contributed by atoms with E-state index in [4.69, 9.17) is 0 Å². The van der Waals surface area contributed by atoms with Gasteiger partial charge in [0.1, 0.15) is 5.82 Å². The number of halogens is 1. The molecule has 0 amide bonds. The average molecular weight is 462 g/mol. The molecule has 0 spiro atoms. The molecule has 1 aromatic heterocycles. The summed E-state index contributed by atoms with van der Waals surface area (Å²) in [5, 5.41) is 30.9. The van der Waals surface area contributed by atoms with Crippen molar-refractivity contribution in [1.29, 1.82) is 0 Å². The van der Waals surface area contributed by atoms with Crippen LogP contribution in [0.25, 0.3) is 16.8 Å². The van der Waals surface area contributed by atoms with E-state index in [1.54, 1.807) is 12.1 Å². The van der Waals surface area contributed by atoms with Crippen LogP contribution in [0.2, 0.25) is 0 Å². The van der Waals surface area contributed by atoms with Gasteiger partial charge in [-0.2, -0.15) is 0 Å². The number of carboxylic acids is 1. The molecule has 2 N–H and O–H groups in total. The molecule has 0 aliphatic carbocycles. The van der Waals surface area contributed by atoms with E-state index in [-0.39, 0.29) is 47.7 Å². The third-order valence-electron chi connectivity index (χ3n) is 5.56. The van der Waals surface area contributed by atoms with Crippen molar-refractivity contribution < 1.29 is 54.1 Å². The van der Waals surface area contributed by atoms with E-state index in [1.165, 1.54) is 12.1 Å². The molecule has 0 saturated carbocycles. The molecule has 0 bridgehead atoms. The fourth-order valence-corrected chi connectivity index (χ4v) is 4.15. The number of para-hydroxylation sites is 1. The first-order valence-electron chi connectivity index (χ1n) is 10.9. The van der Waals surface area contributed by atoms with Crippen molar-refractivity contribution in [3.8, 4) is 16.8 Å². The number of carboxylic acid groups (broad SMARTS) is 1. The van der Waals surface area contributed by atoms with Crippen LogP contribution in [0.15, 0.2) is 60.8 Å². The second-order valence-electron chi connectivity index (χ2n) is 8.43. The maximum atomic E-state index is 13.5. The average Bonchev–Trinajstić information content (AvgIpc) is 3.12. The van der Waals surface area contributed by atoms with Crippen LogP contribution in [0.4, 0.5) is 4.39 Å². The Morgan fingerprint density at radius 3 is 2.24 bits per heavy atom. The molecule has 2 atom stereocenters. The van der Waals surface area contributed by atoms with Gasteiger partial charge in [-0.15, -0.1) is 0 Å². The van der Waals surface area contributed by atoms with E-state index in [0.29, 0.717) is 12.8 Å². The van der Waals surface area contributed by atoms with Gasteiger partial charge in [-0.05, 0) is 60.6 Å². The van der Waals surface area contributed by atoms with Gasteiger partial charge in [-0.3, -0.25) is 0 Å². The van der Waals surface area contributed by atoms with E-state index in [1.807, 2.05) is 36.5 Å². The summed E-state index contributed by atoms with van der Waals surface area (Å²) in [6.07, 6.45) is 0.395. The van der Waals surface area contributed by atoms with Crippen LogP contribution in [0.3, 0.4) is 0 Å². The van der Waals surface area contributed by atoms with Crippen molar-refractivity contribution in [2.24, 2.45) is 0 Å². The molecule has 33 heavy (non-hydrogen) atoms. The third-order valence-corrected chi connectivity index (χ3v) is 5.56. The van der Waals surface area contributed by atoms with Crippen LogP contribution < -0.4 is 34.7 Å². The smallest absolute Gasteiger partial charge is 0.550 e. The number of hydrogen-bond donors (Lipinski definition) is 2. The number of aliphatic hydroxyl groups excluding tert-OH is 2. The summed E-state index contributed by atoms with van der Waals surface area (Å²) in [5.41, 5.74) is 4.99. The molecule has 0 aliphatic rings. The Morgan fingerprint density at radius 1 is 1.03 bits per heavy atom. The Balaban J connectivity index is 0.00000385. The molecule has 5 nitrogen and oxygen atoms in total. The zero-order valence-electron chi connectivity index (χ0n) is 19.4. The number of aliphatic hydroxyl groups is 2. The number of benzene rings is 2. The number of hydrogen-bond acceptors (Lipinski definition) is 4. The van der Waals surface area contributed by atoms with Crippen LogP contribution in [0.5, 0.6) is 0 Å². The quantitative estimate of drug-likeness (QED) is 0.433. The van der Waals surface area contributed by atoms with Crippen molar-refractivity contribution in [1.82, 2.24) is 4.57 Å². The Kier molecular flexibility index (Phi) is 10.3. The van der Waals surface area contributed by atoms with Gasteiger partial charge in [-0.1, -0.05) is 44.2 Å². The number of carbonyl (C=O) groups is 1. The van der Waals surface area contributed by atoms with E-state index in [0.717, 1.165) is 28.1 Å². The largest absolute Gasteiger partial charge is 1.00 e. The predicted octanol–water partition coefficient (Wildman–Crippen LogP) is 0.595. The fourth-order valence-electron chi connectivity index (χ4n) is 4.15. The maximum absolute atomic E-state index is 13.5. The zero-order valence-corrected chi connectivity index (χ0v) is 21.4. The van der Waals surface area contributed by atoms with Gasteiger partial charge in [0.15, 0.2) is 0 Å². The minimum Gasteiger partial charge on any atom is -0.550 e. The third kappa shape index (κ3) is 7.26. The van der Waals surface area contributed by atoms with E-state index < -0.39 is 24.6 Å². The molecular formula is C26H29FNNaO4. The van der Waals surface area contributed by atoms with Gasteiger partial charge < -0.3 is 24.7 Å². The molecule has 170 valence electrons. The monoisotopic (exact) mass is 461 g/mol. The number of nitrogens with zero attached hydrogens (tertiary/aromatic N) is 1. The number of carbonyl (C=O) groups excluding carboxylic acids is 1. The van der Waals surface area contributed by atoms with Crippen molar-refractivity contribution in [3.63, 3.8) is 0 Å². The normalized spacial score (nSPS) is 12.9. The summed E-state index contributed by atoms with van der Waals surface area (Å²) in [7, 11) is 0. The molecule has 0 aliphatic heterocycles. The van der Waals surface area contributed by atoms with Gasteiger partial charge in [0.05, 0.1) is 12.2 Å². The molecule has 2 aromatic carbocycles. The number of rotatable bonds is 10. The summed E-state index contributed by atoms with van der Waals surface area (Å²) < 4.78 is 15.7. The minimum atomic E-state index is -1.34. The first-order valence-corrected chi connectivity index (χ1v) is 10.9. The minimum absolute atomic E-state index is 0. The van der Waals surface area contributed by atoms with Crippen molar-refractivity contribution >= 4 is 5.97 Å². The van der Waals surface area contributed by atoms with Gasteiger partial charge in [0, 0.05) is 35.5 Å². The first-order chi connectivity index (χ1) is 15.3. The molecule has 0 saturated heterocycles. The standard InChI is InChI=1S/C26H30FNO4.Na/c1-17(2)26-23(13-12-21(29)14-22(30)15-25(31)32)24(18-8-10-19(27)11-9-18)16-28(26)20-6-4-3-5-7-20;/h3-11,16-17,21-22,29-30H,12-15H2,1-2H3,(H,31,32);/q;+1/p-1/t21?,22-;/m1./s1. The number of aliphatic carboxylic acids is 1. The van der Waals surface area contributed by atoms with Gasteiger partial charge in [-0.25, -0.2) is 4.39 Å². The predicted molar refractivity (Wildman–Crippen MR) is 120 cm³/mol. The molecule has 1 heterocycles. The van der Waals surface area contributed by atoms with E-state index in [9.17, 15) is 24.5 Å². The van der Waals surface area contributed by atoms with Gasteiger partial charge in [0.25, 0.3) is 0 Å². The zero-order chi connectivity index (χ0) is 23.3. The van der Waals surface area contributed by atoms with Gasteiger partial charge >= 0.3 is 29.6 Å². The molecule has 1 unspecified atom stereocenters. The van der Waals surface area contributed by atoms with Crippen molar-refractivity contribution in [2.45, 2.75) is 57.7 Å². The SMILES string of the molecule is CC(C)c1c(CCC(O)C[C@@H](O)CC(=O)[O-])c(-c2ccc(F)cc2)cn1-c1ccccc1.[Na+]. The number of aromatic nitrogens is 1. The van der Waals surface area contributed by atoms with Crippen LogP contribution in [0, 0.1) is 5.82 Å². The van der Waals surface area contributed by atoms with Crippen LogP contribution >= 0.6 is 0 Å². The fraction of sp³-hybridized carbons (Fsp3) is 0.346. The Labute approximate surface area is 216 Å². The van der Waals surface area contributed by atoms with Crippen molar-refractivity contribution in [2.75, 3.05) is 0 Å². The molecule has 3 rings (SSSR count). The van der Waals surface area contributed by atoms with Gasteiger partial charge in [0.2, 0.25) is 0 Å².